The van der Waals surface area contributed by atoms with Gasteiger partial charge in [-0.25, -0.2) is 0 Å². The van der Waals surface area contributed by atoms with Gasteiger partial charge < -0.3 is 8.98 Å². The minimum Gasteiger partial charge on any atom is -0.456 e. The number of hydrogen-bond donors (Lipinski definition) is 0. The molecule has 0 aliphatic rings. The van der Waals surface area contributed by atoms with Gasteiger partial charge >= 0.3 is 0 Å². The molecule has 3 aromatic heterocycles. The zero-order valence-electron chi connectivity index (χ0n) is 19.7. The van der Waals surface area contributed by atoms with Gasteiger partial charge in [0.1, 0.15) is 11.2 Å². The second-order valence-corrected chi connectivity index (χ2v) is 10.9. The van der Waals surface area contributed by atoms with E-state index < -0.39 is 0 Å². The first kappa shape index (κ1) is 19.6. The molecule has 0 radical (unpaired) electrons. The number of para-hydroxylation sites is 1. The third-order valence-electron chi connectivity index (χ3n) is 7.75. The number of rotatable bonds is 1. The first-order valence-corrected chi connectivity index (χ1v) is 13.3. The summed E-state index contributed by atoms with van der Waals surface area (Å²) in [6.07, 6.45) is 0. The van der Waals surface area contributed by atoms with Gasteiger partial charge in [-0.05, 0) is 59.3 Å². The van der Waals surface area contributed by atoms with Crippen LogP contribution < -0.4 is 0 Å². The molecule has 3 heterocycles. The fourth-order valence-electron chi connectivity index (χ4n) is 6.05. The molecule has 0 aliphatic carbocycles. The van der Waals surface area contributed by atoms with Gasteiger partial charge in [0.25, 0.3) is 0 Å². The van der Waals surface area contributed by atoms with Crippen LogP contribution >= 0.6 is 11.3 Å². The SMILES string of the molecule is c1ccc2cc3c(cc2c1)c1cc2oc4ccccc4c2cc1n3-c1ccc2c(c1)sc1ccccc12. The summed E-state index contributed by atoms with van der Waals surface area (Å²) in [4.78, 5) is 0. The van der Waals surface area contributed by atoms with Gasteiger partial charge in [-0.15, -0.1) is 11.3 Å². The van der Waals surface area contributed by atoms with Crippen molar-refractivity contribution >= 4 is 86.0 Å². The molecule has 3 heteroatoms. The highest BCUT2D eigenvalue weighted by Gasteiger charge is 2.18. The molecule has 0 fully saturated rings. The second kappa shape index (κ2) is 7.00. The van der Waals surface area contributed by atoms with Gasteiger partial charge in [-0.3, -0.25) is 0 Å². The van der Waals surface area contributed by atoms with Crippen molar-refractivity contribution in [2.75, 3.05) is 0 Å². The van der Waals surface area contributed by atoms with E-state index in [0.29, 0.717) is 0 Å². The van der Waals surface area contributed by atoms with Crippen molar-refractivity contribution in [2.45, 2.75) is 0 Å². The fraction of sp³-hybridized carbons (Fsp3) is 0. The van der Waals surface area contributed by atoms with Crippen LogP contribution in [0.15, 0.2) is 120 Å². The Morgan fingerprint density at radius 1 is 0.459 bits per heavy atom. The lowest BCUT2D eigenvalue weighted by atomic mass is 10.1. The van der Waals surface area contributed by atoms with Crippen molar-refractivity contribution in [2.24, 2.45) is 0 Å². The van der Waals surface area contributed by atoms with E-state index in [4.69, 9.17) is 4.42 Å². The minimum absolute atomic E-state index is 0.929. The van der Waals surface area contributed by atoms with Crippen molar-refractivity contribution in [1.29, 1.82) is 0 Å². The van der Waals surface area contributed by atoms with Crippen LogP contribution in [0.5, 0.6) is 0 Å². The molecule has 6 aromatic carbocycles. The van der Waals surface area contributed by atoms with E-state index in [9.17, 15) is 0 Å². The Kier molecular flexibility index (Phi) is 3.70. The standard InChI is InChI=1S/C34H19NOS/c1-2-8-21-16-29-26(15-20(21)7-1)27-19-32-28(23-9-3-5-11-31(23)36-32)18-30(27)35(29)22-13-14-25-24-10-4-6-12-33(24)37-34(25)17-22/h1-19H. The summed E-state index contributed by atoms with van der Waals surface area (Å²) in [5.41, 5.74) is 5.46. The maximum atomic E-state index is 6.30. The monoisotopic (exact) mass is 489 g/mol. The van der Waals surface area contributed by atoms with Crippen LogP contribution in [0.4, 0.5) is 0 Å². The number of furan rings is 1. The van der Waals surface area contributed by atoms with Crippen LogP contribution in [0.3, 0.4) is 0 Å². The molecule has 37 heavy (non-hydrogen) atoms. The van der Waals surface area contributed by atoms with Gasteiger partial charge in [-0.2, -0.15) is 0 Å². The van der Waals surface area contributed by atoms with Crippen molar-refractivity contribution in [1.82, 2.24) is 4.57 Å². The van der Waals surface area contributed by atoms with E-state index in [2.05, 4.69) is 114 Å². The van der Waals surface area contributed by atoms with Crippen LogP contribution in [0, 0.1) is 0 Å². The third kappa shape index (κ3) is 2.64. The quantitative estimate of drug-likeness (QED) is 0.224. The zero-order valence-corrected chi connectivity index (χ0v) is 20.5. The number of benzene rings is 6. The normalized spacial score (nSPS) is 12.3. The summed E-state index contributed by atoms with van der Waals surface area (Å²) < 4.78 is 11.4. The lowest BCUT2D eigenvalue weighted by molar-refractivity contribution is 0.669. The summed E-state index contributed by atoms with van der Waals surface area (Å²) in [5, 5.41) is 9.90. The van der Waals surface area contributed by atoms with Crippen LogP contribution in [0.25, 0.3) is 80.4 Å². The number of nitrogens with zero attached hydrogens (tertiary/aromatic N) is 1. The molecule has 0 bridgehead atoms. The molecule has 0 saturated carbocycles. The van der Waals surface area contributed by atoms with Crippen LogP contribution in [-0.2, 0) is 0 Å². The van der Waals surface area contributed by atoms with Crippen molar-refractivity contribution in [3.8, 4) is 5.69 Å². The van der Waals surface area contributed by atoms with Gasteiger partial charge in [0.2, 0.25) is 0 Å². The van der Waals surface area contributed by atoms with E-state index in [1.54, 1.807) is 0 Å². The topological polar surface area (TPSA) is 18.1 Å². The molecule has 172 valence electrons. The van der Waals surface area contributed by atoms with E-state index >= 15 is 0 Å². The average molecular weight is 490 g/mol. The molecule has 0 saturated heterocycles. The Morgan fingerprint density at radius 2 is 1.16 bits per heavy atom. The Bertz CT molecular complexity index is 2370. The van der Waals surface area contributed by atoms with Gasteiger partial charge in [0, 0.05) is 47.4 Å². The zero-order chi connectivity index (χ0) is 24.1. The number of hydrogen-bond acceptors (Lipinski definition) is 2. The summed E-state index contributed by atoms with van der Waals surface area (Å²) in [6.45, 7) is 0. The highest BCUT2D eigenvalue weighted by molar-refractivity contribution is 7.25. The summed E-state index contributed by atoms with van der Waals surface area (Å²) >= 11 is 1.86. The summed E-state index contributed by atoms with van der Waals surface area (Å²) in [6, 6.07) is 41.7. The number of thiophene rings is 1. The Hall–Kier alpha value is -4.60. The van der Waals surface area contributed by atoms with Crippen molar-refractivity contribution in [3.63, 3.8) is 0 Å². The molecule has 0 spiro atoms. The first-order chi connectivity index (χ1) is 18.3. The molecule has 9 aromatic rings. The van der Waals surface area contributed by atoms with Crippen LogP contribution in [-0.4, -0.2) is 4.57 Å². The maximum absolute atomic E-state index is 6.30. The lowest BCUT2D eigenvalue weighted by Gasteiger charge is -2.09. The molecule has 0 atom stereocenters. The second-order valence-electron chi connectivity index (χ2n) is 9.79. The van der Waals surface area contributed by atoms with Crippen molar-refractivity contribution < 1.29 is 4.42 Å². The average Bonchev–Trinajstić information content (AvgIpc) is 3.59. The molecular formula is C34H19NOS. The predicted molar refractivity (Wildman–Crippen MR) is 158 cm³/mol. The van der Waals surface area contributed by atoms with Crippen LogP contribution in [0.2, 0.25) is 0 Å². The minimum atomic E-state index is 0.929. The van der Waals surface area contributed by atoms with Gasteiger partial charge in [0.05, 0.1) is 11.0 Å². The Morgan fingerprint density at radius 3 is 2.08 bits per heavy atom. The largest absolute Gasteiger partial charge is 0.456 e. The Labute approximate surface area is 215 Å². The maximum Gasteiger partial charge on any atom is 0.136 e. The summed E-state index contributed by atoms with van der Waals surface area (Å²) in [7, 11) is 0. The smallest absolute Gasteiger partial charge is 0.136 e. The van der Waals surface area contributed by atoms with E-state index in [1.807, 2.05) is 17.4 Å². The lowest BCUT2D eigenvalue weighted by Crippen LogP contribution is -1.93. The molecule has 0 N–H and O–H groups in total. The third-order valence-corrected chi connectivity index (χ3v) is 8.89. The Balaban J connectivity index is 1.45. The van der Waals surface area contributed by atoms with Crippen molar-refractivity contribution in [3.05, 3.63) is 115 Å². The molecule has 2 nitrogen and oxygen atoms in total. The molecule has 0 unspecified atom stereocenters. The first-order valence-electron chi connectivity index (χ1n) is 12.5. The predicted octanol–water partition coefficient (Wildman–Crippen LogP) is 10.2. The van der Waals surface area contributed by atoms with Gasteiger partial charge in [0.15, 0.2) is 0 Å². The highest BCUT2D eigenvalue weighted by Crippen LogP contribution is 2.41. The number of aromatic nitrogens is 1. The van der Waals surface area contributed by atoms with E-state index in [1.165, 1.54) is 58.4 Å². The summed E-state index contributed by atoms with van der Waals surface area (Å²) in [5.74, 6) is 0. The molecular weight excluding hydrogens is 470 g/mol. The van der Waals surface area contributed by atoms with Crippen LogP contribution in [0.1, 0.15) is 0 Å². The fourth-order valence-corrected chi connectivity index (χ4v) is 7.19. The van der Waals surface area contributed by atoms with E-state index in [-0.39, 0.29) is 0 Å². The molecule has 0 amide bonds. The highest BCUT2D eigenvalue weighted by atomic mass is 32.1. The van der Waals surface area contributed by atoms with Gasteiger partial charge in [-0.1, -0.05) is 66.7 Å². The van der Waals surface area contributed by atoms with E-state index in [0.717, 1.165) is 21.9 Å². The molecule has 9 rings (SSSR count). The number of fused-ring (bicyclic) bond motifs is 10. The molecule has 0 aliphatic heterocycles.